The third kappa shape index (κ3) is 13.4. The number of amides is 3. The highest BCUT2D eigenvalue weighted by atomic mass is 16.4. The molecule has 3 atom stereocenters. The Kier molecular flexibility index (Phi) is 18.4. The number of carboxylic acids is 3. The molecule has 8 rings (SSSR count). The van der Waals surface area contributed by atoms with Crippen molar-refractivity contribution < 1.29 is 44.1 Å². The number of hydrogen-bond donors (Lipinski definition) is 11. The van der Waals surface area contributed by atoms with Crippen LogP contribution in [0, 0.1) is 13.8 Å². The van der Waals surface area contributed by atoms with Crippen molar-refractivity contribution in [3.63, 3.8) is 0 Å². The number of anilines is 2. The summed E-state index contributed by atoms with van der Waals surface area (Å²) >= 11 is 0. The first-order chi connectivity index (χ1) is 39.2. The fourth-order valence-electron chi connectivity index (χ4n) is 10.7. The van der Waals surface area contributed by atoms with Crippen LogP contribution < -0.4 is 32.6 Å². The minimum atomic E-state index is -1.31. The Balaban J connectivity index is 0.828. The molecule has 0 spiro atoms. The lowest BCUT2D eigenvalue weighted by Gasteiger charge is -2.18. The first kappa shape index (κ1) is 58.7. The third-order valence-electron chi connectivity index (χ3n) is 15.3. The van der Waals surface area contributed by atoms with Gasteiger partial charge in [-0.15, -0.1) is 0 Å². The molecule has 22 heteroatoms. The minimum Gasteiger partial charge on any atom is -0.481 e. The van der Waals surface area contributed by atoms with Crippen molar-refractivity contribution in [3.8, 4) is 0 Å². The van der Waals surface area contributed by atoms with E-state index in [9.17, 15) is 48.9 Å². The maximum atomic E-state index is 13.5. The molecule has 0 saturated carbocycles. The molecule has 1 aromatic carbocycles. The predicted molar refractivity (Wildman–Crippen MR) is 313 cm³/mol. The van der Waals surface area contributed by atoms with Gasteiger partial charge >= 0.3 is 17.9 Å². The zero-order chi connectivity index (χ0) is 58.9. The molecule has 2 aliphatic rings. The number of allylic oxidation sites excluding steroid dienone is 2. The van der Waals surface area contributed by atoms with Gasteiger partial charge in [-0.25, -0.2) is 19.6 Å². The number of carbonyl (C=O) groups is 6. The van der Waals surface area contributed by atoms with Crippen LogP contribution in [-0.2, 0) is 32.1 Å². The van der Waals surface area contributed by atoms with Gasteiger partial charge < -0.3 is 52.3 Å². The monoisotopic (exact) mass is 1120 g/mol. The summed E-state index contributed by atoms with van der Waals surface area (Å²) in [6.07, 6.45) is 6.46. The van der Waals surface area contributed by atoms with Crippen molar-refractivity contribution >= 4 is 97.7 Å². The lowest BCUT2D eigenvalue weighted by Crippen LogP contribution is -2.41. The van der Waals surface area contributed by atoms with E-state index in [-0.39, 0.29) is 82.9 Å². The number of carbonyl (C=O) groups excluding carboxylic acids is 3. The first-order valence-corrected chi connectivity index (χ1v) is 27.3. The minimum absolute atomic E-state index is 0.0338. The van der Waals surface area contributed by atoms with Gasteiger partial charge in [0.25, 0.3) is 11.5 Å². The molecule has 6 aromatic rings. The number of fused-ring (bicyclic) bond motifs is 9. The van der Waals surface area contributed by atoms with Crippen molar-refractivity contribution in [2.45, 2.75) is 123 Å². The molecule has 8 bridgehead atoms. The number of aryl methyl sites for hydroxylation is 2. The van der Waals surface area contributed by atoms with E-state index >= 15 is 0 Å². The molecule has 5 aromatic heterocycles. The molecule has 1 aliphatic carbocycles. The Morgan fingerprint density at radius 2 is 1.50 bits per heavy atom. The lowest BCUT2D eigenvalue weighted by molar-refractivity contribution is -0.139. The smallest absolute Gasteiger partial charge is 0.338 e. The summed E-state index contributed by atoms with van der Waals surface area (Å²) in [6.45, 7) is 14.9. The van der Waals surface area contributed by atoms with Gasteiger partial charge in [0.05, 0.1) is 41.6 Å². The molecule has 0 fully saturated rings. The van der Waals surface area contributed by atoms with E-state index in [0.717, 1.165) is 63.7 Å². The van der Waals surface area contributed by atoms with E-state index in [1.54, 1.807) is 19.1 Å². The average Bonchev–Trinajstić information content (AvgIpc) is 3.08. The van der Waals surface area contributed by atoms with Gasteiger partial charge in [0, 0.05) is 82.4 Å². The number of aromatic nitrogens is 7. The van der Waals surface area contributed by atoms with Crippen molar-refractivity contribution in [1.29, 1.82) is 0 Å². The molecule has 6 heterocycles. The van der Waals surface area contributed by atoms with Gasteiger partial charge in [-0.3, -0.25) is 33.9 Å². The SMILES string of the molecule is C=Cc1c(C)c2cc3nc(c(CC(=O)O)c4[nH]c(cc5cc(cc1[nH]2)C(C)=C5CC)c(C)c4C(=O)O)C(CCC(=O)NCCCCCCNC(=O)CCC(NC(=O)c1ccc(NCc2cnc4nc(N)[nH]c(=O)c4n2)cc1)C(=O)O)C3C. The van der Waals surface area contributed by atoms with Crippen LogP contribution in [0.25, 0.3) is 50.5 Å². The van der Waals surface area contributed by atoms with E-state index in [0.29, 0.717) is 66.2 Å². The number of aromatic carboxylic acids is 1. The quantitative estimate of drug-likeness (QED) is 0.0254. The number of nitrogen functional groups attached to an aromatic ring is 1. The number of aliphatic carboxylic acids is 2. The summed E-state index contributed by atoms with van der Waals surface area (Å²) in [5.74, 6) is -5.62. The van der Waals surface area contributed by atoms with Crippen LogP contribution in [0.15, 0.2) is 66.1 Å². The highest BCUT2D eigenvalue weighted by molar-refractivity contribution is 6.03. The zero-order valence-corrected chi connectivity index (χ0v) is 46.5. The van der Waals surface area contributed by atoms with Gasteiger partial charge in [0.1, 0.15) is 6.04 Å². The summed E-state index contributed by atoms with van der Waals surface area (Å²) in [7, 11) is 0. The van der Waals surface area contributed by atoms with E-state index in [1.165, 1.54) is 18.3 Å². The van der Waals surface area contributed by atoms with Crippen molar-refractivity contribution in [2.24, 2.45) is 0 Å². The largest absolute Gasteiger partial charge is 0.481 e. The third-order valence-corrected chi connectivity index (χ3v) is 15.3. The molecule has 0 radical (unpaired) electrons. The van der Waals surface area contributed by atoms with Crippen LogP contribution >= 0.6 is 0 Å². The Bertz CT molecular complexity index is 3780. The van der Waals surface area contributed by atoms with E-state index < -0.39 is 47.8 Å². The number of nitrogens with one attached hydrogen (secondary N) is 7. The number of rotatable bonds is 24. The highest BCUT2D eigenvalue weighted by Crippen LogP contribution is 2.43. The number of hydrogen-bond acceptors (Lipinski definition) is 13. The molecule has 3 unspecified atom stereocenters. The fraction of sp³-hybridized carbons (Fsp3) is 0.350. The Labute approximate surface area is 471 Å². The van der Waals surface area contributed by atoms with Crippen LogP contribution in [0.3, 0.4) is 0 Å². The lowest BCUT2D eigenvalue weighted by atomic mass is 9.85. The fourth-order valence-corrected chi connectivity index (χ4v) is 10.7. The van der Waals surface area contributed by atoms with E-state index in [2.05, 4.69) is 83.7 Å². The predicted octanol–water partition coefficient (Wildman–Crippen LogP) is 8.19. The normalized spacial score (nSPS) is 14.3. The average molecular weight is 1120 g/mol. The summed E-state index contributed by atoms with van der Waals surface area (Å²) in [6, 6.07) is 13.0. The van der Waals surface area contributed by atoms with Gasteiger partial charge in [0.2, 0.25) is 17.8 Å². The maximum absolute atomic E-state index is 13.5. The number of H-pyrrole nitrogens is 3. The second-order valence-electron chi connectivity index (χ2n) is 20.7. The Morgan fingerprint density at radius 3 is 2.16 bits per heavy atom. The number of benzene rings is 1. The van der Waals surface area contributed by atoms with Crippen LogP contribution in [0.4, 0.5) is 11.6 Å². The first-order valence-electron chi connectivity index (χ1n) is 27.3. The molecule has 1 aliphatic heterocycles. The number of nitrogens with zero attached hydrogens (tertiary/aromatic N) is 4. The standard InChI is InChI=1S/C60H68N12O10/c1-7-39-30(3)35-23-36(39)25-44-33(6)51(59(81)82)53(69-44)42(26-50(75)76)52-41(32(5)46(68-52)27-45-31(4)40(8-2)47(24-35)67-45)17-19-48(73)62-21-11-9-10-12-22-63-49(74)20-18-43(58(79)80)70-56(77)34-13-15-37(16-14-34)64-28-38-29-65-55-54(66-38)57(78)72-60(61)71-55/h8,13-16,23-25,27,29,32,41,43,64,67,69H,2,7,9-12,17-22,26,28H2,1,3-6H3,(H,62,73)(H,63,74)(H,70,77)(H,75,76)(H,79,80)(H,81,82)(H3,61,65,71,72,78). The summed E-state index contributed by atoms with van der Waals surface area (Å²) in [4.78, 5) is 116. The molecule has 428 valence electrons. The van der Waals surface area contributed by atoms with E-state index in [4.69, 9.17) is 10.7 Å². The van der Waals surface area contributed by atoms with Crippen molar-refractivity contribution in [2.75, 3.05) is 24.1 Å². The van der Waals surface area contributed by atoms with Gasteiger partial charge in [-0.05, 0) is 135 Å². The van der Waals surface area contributed by atoms with Gasteiger partial charge in [-0.1, -0.05) is 39.3 Å². The van der Waals surface area contributed by atoms with Gasteiger partial charge in [0.15, 0.2) is 11.2 Å². The molecule has 82 heavy (non-hydrogen) atoms. The Hall–Kier alpha value is -9.47. The molecule has 0 saturated heterocycles. The van der Waals surface area contributed by atoms with Gasteiger partial charge in [-0.2, -0.15) is 4.98 Å². The van der Waals surface area contributed by atoms with Crippen LogP contribution in [0.1, 0.15) is 162 Å². The number of unbranched alkanes of at least 4 members (excludes halogenated alkanes) is 3. The summed E-state index contributed by atoms with van der Waals surface area (Å²) in [5.41, 5.74) is 16.6. The van der Waals surface area contributed by atoms with Crippen LogP contribution in [0.2, 0.25) is 0 Å². The number of carboxylic acid groups (broad SMARTS) is 3. The van der Waals surface area contributed by atoms with E-state index in [1.807, 2.05) is 32.1 Å². The number of aromatic amines is 3. The summed E-state index contributed by atoms with van der Waals surface area (Å²) < 4.78 is 0. The van der Waals surface area contributed by atoms with Crippen molar-refractivity contribution in [1.82, 2.24) is 50.8 Å². The van der Waals surface area contributed by atoms with Crippen LogP contribution in [0.5, 0.6) is 0 Å². The second-order valence-corrected chi connectivity index (χ2v) is 20.7. The summed E-state index contributed by atoms with van der Waals surface area (Å²) in [5, 5.41) is 42.3. The number of nitrogens with two attached hydrogens (primary N) is 1. The molecular formula is C60H68N12O10. The van der Waals surface area contributed by atoms with Crippen LogP contribution in [-0.4, -0.2) is 105 Å². The zero-order valence-electron chi connectivity index (χ0n) is 46.5. The molecular weight excluding hydrogens is 1050 g/mol. The second kappa shape index (κ2) is 25.8. The Morgan fingerprint density at radius 1 is 0.817 bits per heavy atom. The van der Waals surface area contributed by atoms with Crippen molar-refractivity contribution in [3.05, 3.63) is 133 Å². The maximum Gasteiger partial charge on any atom is 0.338 e. The topological polar surface area (TPSA) is 353 Å². The molecule has 3 amide bonds. The highest BCUT2D eigenvalue weighted by Gasteiger charge is 2.34. The molecule has 12 N–H and O–H groups in total. The molecule has 22 nitrogen and oxygen atoms in total.